The molecule has 1 aromatic carbocycles. The minimum atomic E-state index is 0.255. The SMILES string of the molecule is CN(C)c1cccc(C(=O)CC2CCOCC2)c1. The van der Waals surface area contributed by atoms with Crippen LogP contribution in [0.5, 0.6) is 0 Å². The van der Waals surface area contributed by atoms with Gasteiger partial charge in [0.25, 0.3) is 0 Å². The average molecular weight is 247 g/mol. The van der Waals surface area contributed by atoms with Gasteiger partial charge >= 0.3 is 0 Å². The lowest BCUT2D eigenvalue weighted by Gasteiger charge is -2.21. The Balaban J connectivity index is 2.01. The number of carbonyl (C=O) groups excluding carboxylic acids is 1. The van der Waals surface area contributed by atoms with Crippen molar-refractivity contribution in [3.05, 3.63) is 29.8 Å². The molecule has 0 aromatic heterocycles. The summed E-state index contributed by atoms with van der Waals surface area (Å²) in [4.78, 5) is 14.2. The molecule has 0 N–H and O–H groups in total. The van der Waals surface area contributed by atoms with Crippen LogP contribution in [0.1, 0.15) is 29.6 Å². The highest BCUT2D eigenvalue weighted by molar-refractivity contribution is 5.97. The van der Waals surface area contributed by atoms with Crippen LogP contribution in [0.3, 0.4) is 0 Å². The maximum Gasteiger partial charge on any atom is 0.163 e. The second-order valence-corrected chi connectivity index (χ2v) is 5.13. The van der Waals surface area contributed by atoms with E-state index in [9.17, 15) is 4.79 Å². The van der Waals surface area contributed by atoms with E-state index in [1.54, 1.807) is 0 Å². The molecule has 1 aromatic rings. The first-order valence-corrected chi connectivity index (χ1v) is 6.55. The third kappa shape index (κ3) is 3.33. The van der Waals surface area contributed by atoms with Gasteiger partial charge in [0.1, 0.15) is 0 Å². The molecule has 1 aliphatic rings. The van der Waals surface area contributed by atoms with Gasteiger partial charge in [-0.15, -0.1) is 0 Å². The molecule has 18 heavy (non-hydrogen) atoms. The second-order valence-electron chi connectivity index (χ2n) is 5.13. The molecule has 0 spiro atoms. The molecule has 0 unspecified atom stereocenters. The Morgan fingerprint density at radius 3 is 2.72 bits per heavy atom. The van der Waals surface area contributed by atoms with Crippen molar-refractivity contribution >= 4 is 11.5 Å². The van der Waals surface area contributed by atoms with Crippen LogP contribution >= 0.6 is 0 Å². The molecule has 0 bridgehead atoms. The van der Waals surface area contributed by atoms with Crippen LogP contribution in [-0.2, 0) is 4.74 Å². The van der Waals surface area contributed by atoms with Gasteiger partial charge in [-0.25, -0.2) is 0 Å². The van der Waals surface area contributed by atoms with Gasteiger partial charge in [-0.05, 0) is 30.9 Å². The van der Waals surface area contributed by atoms with E-state index in [4.69, 9.17) is 4.74 Å². The van der Waals surface area contributed by atoms with E-state index in [-0.39, 0.29) is 5.78 Å². The Hall–Kier alpha value is -1.35. The Bertz CT molecular complexity index is 409. The number of ether oxygens (including phenoxy) is 1. The Morgan fingerprint density at radius 1 is 1.33 bits per heavy atom. The van der Waals surface area contributed by atoms with Crippen molar-refractivity contribution in [3.63, 3.8) is 0 Å². The minimum Gasteiger partial charge on any atom is -0.381 e. The number of carbonyl (C=O) groups is 1. The quantitative estimate of drug-likeness (QED) is 0.766. The van der Waals surface area contributed by atoms with Crippen molar-refractivity contribution in [3.8, 4) is 0 Å². The molecule has 0 amide bonds. The van der Waals surface area contributed by atoms with Gasteiger partial charge in [-0.2, -0.15) is 0 Å². The molecule has 0 atom stereocenters. The minimum absolute atomic E-state index is 0.255. The van der Waals surface area contributed by atoms with E-state index in [0.717, 1.165) is 37.3 Å². The van der Waals surface area contributed by atoms with Crippen molar-refractivity contribution in [1.82, 2.24) is 0 Å². The van der Waals surface area contributed by atoms with Crippen molar-refractivity contribution in [1.29, 1.82) is 0 Å². The molecule has 2 rings (SSSR count). The summed E-state index contributed by atoms with van der Waals surface area (Å²) in [6, 6.07) is 7.86. The lowest BCUT2D eigenvalue weighted by Crippen LogP contribution is -2.19. The maximum absolute atomic E-state index is 12.2. The van der Waals surface area contributed by atoms with Crippen molar-refractivity contribution in [2.24, 2.45) is 5.92 Å². The van der Waals surface area contributed by atoms with E-state index < -0.39 is 0 Å². The summed E-state index contributed by atoms with van der Waals surface area (Å²) in [6.45, 7) is 1.60. The second kappa shape index (κ2) is 6.01. The third-order valence-electron chi connectivity index (χ3n) is 3.50. The largest absolute Gasteiger partial charge is 0.381 e. The molecule has 1 aliphatic heterocycles. The summed E-state index contributed by atoms with van der Waals surface area (Å²) in [7, 11) is 3.98. The summed E-state index contributed by atoms with van der Waals surface area (Å²) >= 11 is 0. The lowest BCUT2D eigenvalue weighted by molar-refractivity contribution is 0.0601. The number of benzene rings is 1. The number of hydrogen-bond donors (Lipinski definition) is 0. The highest BCUT2D eigenvalue weighted by Crippen LogP contribution is 2.22. The fourth-order valence-corrected chi connectivity index (χ4v) is 2.29. The molecular weight excluding hydrogens is 226 g/mol. The zero-order valence-corrected chi connectivity index (χ0v) is 11.2. The Kier molecular flexibility index (Phi) is 4.37. The fraction of sp³-hybridized carbons (Fsp3) is 0.533. The van der Waals surface area contributed by atoms with E-state index in [0.29, 0.717) is 12.3 Å². The number of Topliss-reactive ketones (excluding diaryl/α,β-unsaturated/α-hetero) is 1. The van der Waals surface area contributed by atoms with Crippen LogP contribution in [0.25, 0.3) is 0 Å². The summed E-state index contributed by atoms with van der Waals surface area (Å²) in [5, 5.41) is 0. The highest BCUT2D eigenvalue weighted by atomic mass is 16.5. The first kappa shape index (κ1) is 13.1. The van der Waals surface area contributed by atoms with E-state index in [2.05, 4.69) is 0 Å². The molecule has 3 nitrogen and oxygen atoms in total. The van der Waals surface area contributed by atoms with Crippen LogP contribution in [0, 0.1) is 5.92 Å². The monoisotopic (exact) mass is 247 g/mol. The summed E-state index contributed by atoms with van der Waals surface area (Å²) < 4.78 is 5.32. The predicted molar refractivity (Wildman–Crippen MR) is 73.3 cm³/mol. The average Bonchev–Trinajstić information content (AvgIpc) is 2.40. The molecule has 1 heterocycles. The van der Waals surface area contributed by atoms with Crippen LogP contribution in [0.4, 0.5) is 5.69 Å². The fourth-order valence-electron chi connectivity index (χ4n) is 2.29. The summed E-state index contributed by atoms with van der Waals surface area (Å²) in [6.07, 6.45) is 2.68. The van der Waals surface area contributed by atoms with E-state index in [1.165, 1.54) is 0 Å². The Labute approximate surface area is 109 Å². The smallest absolute Gasteiger partial charge is 0.163 e. The molecule has 98 valence electrons. The standard InChI is InChI=1S/C15H21NO2/c1-16(2)14-5-3-4-13(11-14)15(17)10-12-6-8-18-9-7-12/h3-5,11-12H,6-10H2,1-2H3. The van der Waals surface area contributed by atoms with Crippen molar-refractivity contribution in [2.75, 3.05) is 32.2 Å². The third-order valence-corrected chi connectivity index (χ3v) is 3.50. The number of nitrogens with zero attached hydrogens (tertiary/aromatic N) is 1. The Morgan fingerprint density at radius 2 is 2.06 bits per heavy atom. The zero-order chi connectivity index (χ0) is 13.0. The van der Waals surface area contributed by atoms with Gasteiger partial charge in [0.2, 0.25) is 0 Å². The first-order valence-electron chi connectivity index (χ1n) is 6.55. The lowest BCUT2D eigenvalue weighted by atomic mass is 9.92. The van der Waals surface area contributed by atoms with Crippen LogP contribution in [-0.4, -0.2) is 33.1 Å². The molecule has 0 aliphatic carbocycles. The van der Waals surface area contributed by atoms with Gasteiger partial charge in [-0.3, -0.25) is 4.79 Å². The maximum atomic E-state index is 12.2. The summed E-state index contributed by atoms with van der Waals surface area (Å²) in [5.41, 5.74) is 1.90. The normalized spacial score (nSPS) is 16.6. The molecule has 0 radical (unpaired) electrons. The molecular formula is C15H21NO2. The predicted octanol–water partition coefficient (Wildman–Crippen LogP) is 2.75. The number of rotatable bonds is 4. The van der Waals surface area contributed by atoms with Crippen molar-refractivity contribution < 1.29 is 9.53 Å². The first-order chi connectivity index (χ1) is 8.66. The van der Waals surface area contributed by atoms with Gasteiger partial charge in [0.05, 0.1) is 0 Å². The van der Waals surface area contributed by atoms with Crippen LogP contribution < -0.4 is 4.90 Å². The number of ketones is 1. The van der Waals surface area contributed by atoms with Gasteiger partial charge < -0.3 is 9.64 Å². The molecule has 0 saturated carbocycles. The number of hydrogen-bond acceptors (Lipinski definition) is 3. The van der Waals surface area contributed by atoms with Gasteiger partial charge in [0.15, 0.2) is 5.78 Å². The zero-order valence-electron chi connectivity index (χ0n) is 11.2. The topological polar surface area (TPSA) is 29.5 Å². The van der Waals surface area contributed by atoms with Gasteiger partial charge in [-0.1, -0.05) is 12.1 Å². The molecule has 1 fully saturated rings. The number of anilines is 1. The summed E-state index contributed by atoms with van der Waals surface area (Å²) in [5.74, 6) is 0.750. The highest BCUT2D eigenvalue weighted by Gasteiger charge is 2.18. The van der Waals surface area contributed by atoms with Crippen LogP contribution in [0.2, 0.25) is 0 Å². The van der Waals surface area contributed by atoms with E-state index >= 15 is 0 Å². The van der Waals surface area contributed by atoms with Crippen LogP contribution in [0.15, 0.2) is 24.3 Å². The van der Waals surface area contributed by atoms with Crippen molar-refractivity contribution in [2.45, 2.75) is 19.3 Å². The van der Waals surface area contributed by atoms with E-state index in [1.807, 2.05) is 43.3 Å². The molecule has 1 saturated heterocycles. The van der Waals surface area contributed by atoms with Gasteiger partial charge in [0, 0.05) is 45.0 Å². The molecule has 3 heteroatoms.